The van der Waals surface area contributed by atoms with E-state index in [9.17, 15) is 24.8 Å². The highest BCUT2D eigenvalue weighted by Gasteiger charge is 2.51. The second-order valence-electron chi connectivity index (χ2n) is 6.94. The highest BCUT2D eigenvalue weighted by molar-refractivity contribution is 8.03. The minimum atomic E-state index is -0.984. The van der Waals surface area contributed by atoms with Crippen LogP contribution in [0.15, 0.2) is 70.5 Å². The number of thioether (sulfide) groups is 1. The average molecular weight is 406 g/mol. The number of hydrogen-bond donors (Lipinski definition) is 1. The van der Waals surface area contributed by atoms with Crippen LogP contribution in [0.1, 0.15) is 32.2 Å². The van der Waals surface area contributed by atoms with Gasteiger partial charge in [0.25, 0.3) is 5.70 Å². The molecule has 1 aliphatic carbocycles. The molecule has 1 N–H and O–H groups in total. The molecule has 1 saturated heterocycles. The topological polar surface area (TPSA) is 101 Å². The molecule has 8 heteroatoms. The van der Waals surface area contributed by atoms with Crippen LogP contribution in [0.5, 0.6) is 5.75 Å². The zero-order chi connectivity index (χ0) is 20.3. The molecule has 2 aromatic rings. The molecule has 0 saturated carbocycles. The first-order valence-electron chi connectivity index (χ1n) is 8.99. The minimum absolute atomic E-state index is 0.0160. The maximum atomic E-state index is 13.5. The molecule has 144 valence electrons. The SMILES string of the molecule is O=C1C2=C(C(=O)c3ccccc31)N1CCSC1=C([N+](=O)[O-])C2c1ccc(O)cc1. The standard InChI is InChI=1S/C21H14N2O5S/c24-12-7-5-11(6-8-12)15-16-17(22-9-10-29-21(22)18(15)23(27)28)20(26)14-4-2-1-3-13(14)19(16)25/h1-8,15,24H,9-10H2. The van der Waals surface area contributed by atoms with Crippen molar-refractivity contribution in [2.45, 2.75) is 5.92 Å². The van der Waals surface area contributed by atoms with Gasteiger partial charge in [0.05, 0.1) is 10.6 Å². The lowest BCUT2D eigenvalue weighted by Gasteiger charge is -2.35. The molecule has 7 nitrogen and oxygen atoms in total. The van der Waals surface area contributed by atoms with Crippen molar-refractivity contribution in [3.05, 3.63) is 97.3 Å². The van der Waals surface area contributed by atoms with Gasteiger partial charge in [-0.05, 0) is 17.7 Å². The van der Waals surface area contributed by atoms with Crippen molar-refractivity contribution < 1.29 is 19.6 Å². The number of nitrogens with zero attached hydrogens (tertiary/aromatic N) is 2. The van der Waals surface area contributed by atoms with Gasteiger partial charge in [-0.2, -0.15) is 0 Å². The Morgan fingerprint density at radius 2 is 1.69 bits per heavy atom. The highest BCUT2D eigenvalue weighted by atomic mass is 32.2. The molecule has 2 aromatic carbocycles. The summed E-state index contributed by atoms with van der Waals surface area (Å²) in [6, 6.07) is 12.5. The molecule has 1 fully saturated rings. The summed E-state index contributed by atoms with van der Waals surface area (Å²) in [6.45, 7) is 0.430. The van der Waals surface area contributed by atoms with Crippen LogP contribution >= 0.6 is 11.8 Å². The van der Waals surface area contributed by atoms with Gasteiger partial charge < -0.3 is 10.0 Å². The monoisotopic (exact) mass is 406 g/mol. The van der Waals surface area contributed by atoms with Crippen LogP contribution in [0.25, 0.3) is 0 Å². The number of carbonyl (C=O) groups is 2. The fourth-order valence-corrected chi connectivity index (χ4v) is 5.34. The van der Waals surface area contributed by atoms with E-state index in [0.29, 0.717) is 28.5 Å². The van der Waals surface area contributed by atoms with Gasteiger partial charge in [-0.1, -0.05) is 48.2 Å². The Balaban J connectivity index is 1.82. The van der Waals surface area contributed by atoms with Crippen molar-refractivity contribution in [1.29, 1.82) is 0 Å². The largest absolute Gasteiger partial charge is 0.508 e. The predicted molar refractivity (Wildman–Crippen MR) is 106 cm³/mol. The zero-order valence-electron chi connectivity index (χ0n) is 15.0. The maximum Gasteiger partial charge on any atom is 0.288 e. The number of phenolic OH excluding ortho intramolecular Hbond substituents is 1. The zero-order valence-corrected chi connectivity index (χ0v) is 15.8. The second kappa shape index (κ2) is 6.31. The molecule has 0 spiro atoms. The summed E-state index contributed by atoms with van der Waals surface area (Å²) in [5, 5.41) is 22.2. The Morgan fingerprint density at radius 3 is 2.34 bits per heavy atom. The Hall–Kier alpha value is -3.39. The number of ketones is 2. The number of carbonyl (C=O) groups excluding carboxylic acids is 2. The fourth-order valence-electron chi connectivity index (χ4n) is 4.19. The summed E-state index contributed by atoms with van der Waals surface area (Å²) in [6.07, 6.45) is 0. The number of allylic oxidation sites excluding steroid dienone is 2. The minimum Gasteiger partial charge on any atom is -0.508 e. The van der Waals surface area contributed by atoms with Crippen LogP contribution in [-0.2, 0) is 0 Å². The molecular formula is C21H14N2O5S. The van der Waals surface area contributed by atoms with E-state index in [4.69, 9.17) is 0 Å². The van der Waals surface area contributed by atoms with Crippen LogP contribution in [0.2, 0.25) is 0 Å². The third kappa shape index (κ3) is 2.45. The molecule has 29 heavy (non-hydrogen) atoms. The average Bonchev–Trinajstić information content (AvgIpc) is 3.20. The Labute approximate surface area is 169 Å². The van der Waals surface area contributed by atoms with Gasteiger partial charge in [0, 0.05) is 29.0 Å². The van der Waals surface area contributed by atoms with E-state index >= 15 is 0 Å². The molecule has 0 aromatic heterocycles. The molecule has 2 aliphatic heterocycles. The molecule has 5 rings (SSSR count). The van der Waals surface area contributed by atoms with Crippen molar-refractivity contribution in [3.63, 3.8) is 0 Å². The quantitative estimate of drug-likeness (QED) is 0.603. The van der Waals surface area contributed by atoms with Crippen LogP contribution in [0, 0.1) is 10.1 Å². The Kier molecular flexibility index (Phi) is 3.85. The molecule has 0 amide bonds. The summed E-state index contributed by atoms with van der Waals surface area (Å²) < 4.78 is 0. The predicted octanol–water partition coefficient (Wildman–Crippen LogP) is 3.32. The number of rotatable bonds is 2. The molecule has 1 atom stereocenters. The lowest BCUT2D eigenvalue weighted by molar-refractivity contribution is -0.430. The first-order valence-corrected chi connectivity index (χ1v) is 9.98. The molecule has 2 heterocycles. The summed E-state index contributed by atoms with van der Waals surface area (Å²) >= 11 is 1.32. The van der Waals surface area contributed by atoms with Crippen molar-refractivity contribution in [1.82, 2.24) is 4.90 Å². The van der Waals surface area contributed by atoms with E-state index in [1.54, 1.807) is 41.3 Å². The normalized spacial score (nSPS) is 20.6. The van der Waals surface area contributed by atoms with Crippen LogP contribution in [0.4, 0.5) is 0 Å². The molecule has 1 unspecified atom stereocenters. The van der Waals surface area contributed by atoms with Gasteiger partial charge in [0.2, 0.25) is 5.78 Å². The number of nitro groups is 1. The lowest BCUT2D eigenvalue weighted by Crippen LogP contribution is -2.39. The van der Waals surface area contributed by atoms with Gasteiger partial charge in [0.15, 0.2) is 10.8 Å². The fraction of sp³-hybridized carbons (Fsp3) is 0.143. The summed E-state index contributed by atoms with van der Waals surface area (Å²) in [5.41, 5.74) is 1.34. The first-order chi connectivity index (χ1) is 14.0. The third-order valence-electron chi connectivity index (χ3n) is 5.40. The van der Waals surface area contributed by atoms with Crippen LogP contribution in [-0.4, -0.2) is 38.8 Å². The molecular weight excluding hydrogens is 392 g/mol. The molecule has 0 radical (unpaired) electrons. The van der Waals surface area contributed by atoms with E-state index in [-0.39, 0.29) is 39.8 Å². The summed E-state index contributed by atoms with van der Waals surface area (Å²) in [5.74, 6) is -1.04. The number of benzene rings is 2. The van der Waals surface area contributed by atoms with E-state index in [1.165, 1.54) is 23.9 Å². The van der Waals surface area contributed by atoms with E-state index in [1.807, 2.05) is 0 Å². The smallest absolute Gasteiger partial charge is 0.288 e. The summed E-state index contributed by atoms with van der Waals surface area (Å²) in [7, 11) is 0. The van der Waals surface area contributed by atoms with Crippen molar-refractivity contribution in [2.75, 3.05) is 12.3 Å². The van der Waals surface area contributed by atoms with E-state index < -0.39 is 10.8 Å². The van der Waals surface area contributed by atoms with Crippen molar-refractivity contribution in [2.24, 2.45) is 0 Å². The van der Waals surface area contributed by atoms with Gasteiger partial charge in [-0.3, -0.25) is 19.7 Å². The number of Topliss-reactive ketones (excluding diaryl/α,β-unsaturated/α-hetero) is 2. The van der Waals surface area contributed by atoms with Crippen molar-refractivity contribution >= 4 is 23.3 Å². The number of aromatic hydroxyl groups is 1. The van der Waals surface area contributed by atoms with Gasteiger partial charge in [-0.15, -0.1) is 0 Å². The number of fused-ring (bicyclic) bond motifs is 3. The number of hydrogen-bond acceptors (Lipinski definition) is 7. The first kappa shape index (κ1) is 17.7. The number of phenols is 1. The van der Waals surface area contributed by atoms with Crippen molar-refractivity contribution in [3.8, 4) is 5.75 Å². The second-order valence-corrected chi connectivity index (χ2v) is 8.02. The molecule has 0 bridgehead atoms. The van der Waals surface area contributed by atoms with Gasteiger partial charge in [-0.25, -0.2) is 0 Å². The summed E-state index contributed by atoms with van der Waals surface area (Å²) in [4.78, 5) is 40.1. The maximum absolute atomic E-state index is 13.5. The van der Waals surface area contributed by atoms with Crippen LogP contribution in [0.3, 0.4) is 0 Å². The van der Waals surface area contributed by atoms with Crippen LogP contribution < -0.4 is 0 Å². The van der Waals surface area contributed by atoms with Gasteiger partial charge >= 0.3 is 0 Å². The molecule has 3 aliphatic rings. The van der Waals surface area contributed by atoms with E-state index in [2.05, 4.69) is 0 Å². The van der Waals surface area contributed by atoms with Gasteiger partial charge in [0.1, 0.15) is 11.7 Å². The Bertz CT molecular complexity index is 1170. The lowest BCUT2D eigenvalue weighted by atomic mass is 9.75. The third-order valence-corrected chi connectivity index (χ3v) is 6.49. The highest BCUT2D eigenvalue weighted by Crippen LogP contribution is 2.51. The Morgan fingerprint density at radius 1 is 1.03 bits per heavy atom. The van der Waals surface area contributed by atoms with E-state index in [0.717, 1.165) is 0 Å².